The number of carbonyl (C=O) groups excluding carboxylic acids is 1. The summed E-state index contributed by atoms with van der Waals surface area (Å²) < 4.78 is 5.33. The fourth-order valence-electron chi connectivity index (χ4n) is 1.18. The summed E-state index contributed by atoms with van der Waals surface area (Å²) in [7, 11) is 0. The van der Waals surface area contributed by atoms with Crippen molar-refractivity contribution in [2.45, 2.75) is 48.0 Å². The zero-order valence-corrected chi connectivity index (χ0v) is 12.1. The molecule has 0 rings (SSSR count). The summed E-state index contributed by atoms with van der Waals surface area (Å²) in [5, 5.41) is 0. The van der Waals surface area contributed by atoms with E-state index < -0.39 is 5.41 Å². The number of hydrogen-bond acceptors (Lipinski definition) is 2. The van der Waals surface area contributed by atoms with E-state index in [-0.39, 0.29) is 11.9 Å². The van der Waals surface area contributed by atoms with Gasteiger partial charge in [0.1, 0.15) is 0 Å². The van der Waals surface area contributed by atoms with E-state index >= 15 is 0 Å². The van der Waals surface area contributed by atoms with Gasteiger partial charge in [-0.25, -0.2) is 0 Å². The number of rotatable bonds is 5. The predicted molar refractivity (Wildman–Crippen MR) is 72.8 cm³/mol. The molecule has 2 nitrogen and oxygen atoms in total. The fraction of sp³-hybridized carbons (Fsp3) is 0.667. The average molecular weight is 238 g/mol. The largest absolute Gasteiger partial charge is 0.465 e. The van der Waals surface area contributed by atoms with Crippen molar-refractivity contribution in [3.8, 4) is 0 Å². The molecule has 0 heterocycles. The van der Waals surface area contributed by atoms with E-state index in [9.17, 15) is 4.79 Å². The Morgan fingerprint density at radius 1 is 1.29 bits per heavy atom. The van der Waals surface area contributed by atoms with Gasteiger partial charge in [-0.3, -0.25) is 4.79 Å². The summed E-state index contributed by atoms with van der Waals surface area (Å²) in [5.74, 6) is 0.0668. The van der Waals surface area contributed by atoms with Crippen LogP contribution in [0.15, 0.2) is 23.8 Å². The maximum Gasteiger partial charge on any atom is 0.311 e. The molecule has 1 atom stereocenters. The summed E-state index contributed by atoms with van der Waals surface area (Å²) in [4.78, 5) is 11.7. The van der Waals surface area contributed by atoms with Gasteiger partial charge in [-0.05, 0) is 48.0 Å². The summed E-state index contributed by atoms with van der Waals surface area (Å²) in [6, 6.07) is 0. The zero-order chi connectivity index (χ0) is 13.6. The van der Waals surface area contributed by atoms with Crippen LogP contribution in [0.4, 0.5) is 0 Å². The highest BCUT2D eigenvalue weighted by Crippen LogP contribution is 2.19. The van der Waals surface area contributed by atoms with Crippen LogP contribution in [-0.2, 0) is 9.53 Å². The summed E-state index contributed by atoms with van der Waals surface area (Å²) in [6.45, 7) is 16.1. The second-order valence-corrected chi connectivity index (χ2v) is 5.91. The van der Waals surface area contributed by atoms with E-state index in [1.807, 2.05) is 27.7 Å². The van der Waals surface area contributed by atoms with Crippen LogP contribution < -0.4 is 0 Å². The van der Waals surface area contributed by atoms with E-state index in [4.69, 9.17) is 4.74 Å². The van der Waals surface area contributed by atoms with Crippen molar-refractivity contribution in [3.63, 3.8) is 0 Å². The number of esters is 1. The minimum Gasteiger partial charge on any atom is -0.465 e. The minimum atomic E-state index is -0.434. The van der Waals surface area contributed by atoms with Crippen molar-refractivity contribution in [3.05, 3.63) is 23.8 Å². The first kappa shape index (κ1) is 16.0. The van der Waals surface area contributed by atoms with E-state index in [2.05, 4.69) is 26.5 Å². The Bertz CT molecular complexity index is 301. The molecule has 0 aliphatic carbocycles. The van der Waals surface area contributed by atoms with Gasteiger partial charge in [0, 0.05) is 5.92 Å². The highest BCUT2D eigenvalue weighted by molar-refractivity contribution is 5.75. The molecule has 2 heteroatoms. The molecule has 0 aliphatic rings. The number of allylic oxidation sites excluding steroid dienone is 2. The lowest BCUT2D eigenvalue weighted by atomic mass is 9.96. The van der Waals surface area contributed by atoms with Gasteiger partial charge >= 0.3 is 5.97 Å². The molecule has 17 heavy (non-hydrogen) atoms. The van der Waals surface area contributed by atoms with Crippen LogP contribution in [-0.4, -0.2) is 12.6 Å². The monoisotopic (exact) mass is 238 g/mol. The lowest BCUT2D eigenvalue weighted by Gasteiger charge is -2.20. The minimum absolute atomic E-state index is 0.152. The standard InChI is InChI=1S/C15H26O2/c1-11(2)8-9-13(12(3)4)10-17-14(16)15(5,6)7/h8,13H,3,9-10H2,1-2,4-7H3/t13-/m0/s1. The van der Waals surface area contributed by atoms with Gasteiger partial charge < -0.3 is 4.74 Å². The zero-order valence-electron chi connectivity index (χ0n) is 12.1. The average Bonchev–Trinajstić information content (AvgIpc) is 2.14. The van der Waals surface area contributed by atoms with Crippen LogP contribution in [0.5, 0.6) is 0 Å². The summed E-state index contributed by atoms with van der Waals surface area (Å²) >= 11 is 0. The molecule has 0 unspecified atom stereocenters. The molecule has 0 saturated heterocycles. The topological polar surface area (TPSA) is 26.3 Å². The molecule has 0 saturated carbocycles. The maximum atomic E-state index is 11.7. The highest BCUT2D eigenvalue weighted by Gasteiger charge is 2.24. The van der Waals surface area contributed by atoms with E-state index in [0.717, 1.165) is 12.0 Å². The number of carbonyl (C=O) groups is 1. The highest BCUT2D eigenvalue weighted by atomic mass is 16.5. The van der Waals surface area contributed by atoms with Crippen LogP contribution in [0.3, 0.4) is 0 Å². The molecule has 0 aliphatic heterocycles. The molecular weight excluding hydrogens is 212 g/mol. The molecule has 0 N–H and O–H groups in total. The van der Waals surface area contributed by atoms with E-state index in [0.29, 0.717) is 6.61 Å². The first-order valence-electron chi connectivity index (χ1n) is 6.10. The Morgan fingerprint density at radius 2 is 1.82 bits per heavy atom. The molecule has 0 aromatic rings. The molecule has 0 spiro atoms. The first-order valence-corrected chi connectivity index (χ1v) is 6.10. The van der Waals surface area contributed by atoms with Gasteiger partial charge in [0.15, 0.2) is 0 Å². The van der Waals surface area contributed by atoms with Crippen LogP contribution in [0.1, 0.15) is 48.0 Å². The van der Waals surface area contributed by atoms with Crippen LogP contribution in [0.25, 0.3) is 0 Å². The number of hydrogen-bond donors (Lipinski definition) is 0. The summed E-state index contributed by atoms with van der Waals surface area (Å²) in [5.41, 5.74) is 1.90. The second-order valence-electron chi connectivity index (χ2n) is 5.91. The van der Waals surface area contributed by atoms with Crippen molar-refractivity contribution in [1.82, 2.24) is 0 Å². The lowest BCUT2D eigenvalue weighted by molar-refractivity contribution is -0.153. The van der Waals surface area contributed by atoms with Gasteiger partial charge in [0.2, 0.25) is 0 Å². The number of ether oxygens (including phenoxy) is 1. The smallest absolute Gasteiger partial charge is 0.311 e. The molecule has 98 valence electrons. The fourth-order valence-corrected chi connectivity index (χ4v) is 1.18. The van der Waals surface area contributed by atoms with Crippen molar-refractivity contribution in [2.24, 2.45) is 11.3 Å². The normalized spacial score (nSPS) is 12.8. The van der Waals surface area contributed by atoms with E-state index in [1.54, 1.807) is 0 Å². The van der Waals surface area contributed by atoms with Gasteiger partial charge in [-0.1, -0.05) is 23.8 Å². The second kappa shape index (κ2) is 6.63. The van der Waals surface area contributed by atoms with Crippen LogP contribution in [0, 0.1) is 11.3 Å². The third-order valence-electron chi connectivity index (χ3n) is 2.54. The first-order chi connectivity index (χ1) is 7.64. The van der Waals surface area contributed by atoms with Gasteiger partial charge in [0.25, 0.3) is 0 Å². The molecular formula is C15H26O2. The third kappa shape index (κ3) is 6.98. The summed E-state index contributed by atoms with van der Waals surface area (Å²) in [6.07, 6.45) is 3.04. The lowest BCUT2D eigenvalue weighted by Crippen LogP contribution is -2.25. The molecule has 0 fully saturated rings. The predicted octanol–water partition coefficient (Wildman–Crippen LogP) is 4.12. The SMILES string of the molecule is C=C(C)[C@@H](CC=C(C)C)COC(=O)C(C)(C)C. The Hall–Kier alpha value is -1.05. The molecule has 0 bridgehead atoms. The van der Waals surface area contributed by atoms with Gasteiger partial charge in [0.05, 0.1) is 12.0 Å². The molecule has 0 amide bonds. The Morgan fingerprint density at radius 3 is 2.18 bits per heavy atom. The Balaban J connectivity index is 4.34. The van der Waals surface area contributed by atoms with Crippen molar-refractivity contribution in [2.75, 3.05) is 6.61 Å². The molecule has 0 aromatic heterocycles. The maximum absolute atomic E-state index is 11.7. The van der Waals surface area contributed by atoms with Crippen molar-refractivity contribution in [1.29, 1.82) is 0 Å². The Kier molecular flexibility index (Phi) is 6.22. The third-order valence-corrected chi connectivity index (χ3v) is 2.54. The quantitative estimate of drug-likeness (QED) is 0.532. The van der Waals surface area contributed by atoms with Gasteiger partial charge in [-0.15, -0.1) is 0 Å². The van der Waals surface area contributed by atoms with Crippen LogP contribution in [0.2, 0.25) is 0 Å². The van der Waals surface area contributed by atoms with Crippen molar-refractivity contribution >= 4 is 5.97 Å². The molecule has 0 radical (unpaired) electrons. The van der Waals surface area contributed by atoms with Crippen molar-refractivity contribution < 1.29 is 9.53 Å². The van der Waals surface area contributed by atoms with Crippen LogP contribution >= 0.6 is 0 Å². The van der Waals surface area contributed by atoms with Gasteiger partial charge in [-0.2, -0.15) is 0 Å². The van der Waals surface area contributed by atoms with E-state index in [1.165, 1.54) is 5.57 Å². The molecule has 0 aromatic carbocycles. The Labute approximate surface area is 106 Å².